The number of hydrogen-bond acceptors (Lipinski definition) is 5. The van der Waals surface area contributed by atoms with E-state index in [0.29, 0.717) is 23.0 Å². The van der Waals surface area contributed by atoms with Crippen molar-refractivity contribution in [2.24, 2.45) is 0 Å². The summed E-state index contributed by atoms with van der Waals surface area (Å²) in [4.78, 5) is 25.2. The van der Waals surface area contributed by atoms with Gasteiger partial charge in [0.15, 0.2) is 5.76 Å². The molecule has 152 valence electrons. The highest BCUT2D eigenvalue weighted by Crippen LogP contribution is 2.27. The third-order valence-electron chi connectivity index (χ3n) is 4.50. The van der Waals surface area contributed by atoms with Crippen molar-refractivity contribution in [3.63, 3.8) is 0 Å². The first-order valence-electron chi connectivity index (χ1n) is 9.46. The van der Waals surface area contributed by atoms with Crippen molar-refractivity contribution in [3.05, 3.63) is 83.1 Å². The van der Waals surface area contributed by atoms with Gasteiger partial charge in [-0.2, -0.15) is 0 Å². The van der Waals surface area contributed by atoms with E-state index in [2.05, 4.69) is 10.6 Å². The molecule has 2 amide bonds. The van der Waals surface area contributed by atoms with Gasteiger partial charge < -0.3 is 19.8 Å². The maximum atomic E-state index is 12.5. The molecule has 0 bridgehead atoms. The molecule has 0 saturated carbocycles. The van der Waals surface area contributed by atoms with Crippen LogP contribution in [0.4, 0.5) is 5.00 Å². The number of aryl methyl sites for hydroxylation is 1. The third-order valence-corrected chi connectivity index (χ3v) is 5.65. The lowest BCUT2D eigenvalue weighted by atomic mass is 10.1. The van der Waals surface area contributed by atoms with Crippen LogP contribution in [0.15, 0.2) is 71.3 Å². The minimum atomic E-state index is -0.350. The number of anilines is 1. The van der Waals surface area contributed by atoms with Crippen molar-refractivity contribution in [3.8, 4) is 5.75 Å². The lowest BCUT2D eigenvalue weighted by molar-refractivity contribution is 0.0949. The molecular formula is C23H20N2O4S. The molecule has 0 aliphatic heterocycles. The second kappa shape index (κ2) is 8.84. The van der Waals surface area contributed by atoms with Gasteiger partial charge in [0.2, 0.25) is 0 Å². The predicted octanol–water partition coefficient (Wildman–Crippen LogP) is 4.86. The number of rotatable bonds is 7. The van der Waals surface area contributed by atoms with Gasteiger partial charge in [-0.25, -0.2) is 0 Å². The number of furan rings is 1. The van der Waals surface area contributed by atoms with Crippen LogP contribution in [0, 0.1) is 6.92 Å². The van der Waals surface area contributed by atoms with Crippen molar-refractivity contribution in [2.45, 2.75) is 6.92 Å². The van der Waals surface area contributed by atoms with E-state index in [-0.39, 0.29) is 17.6 Å². The molecule has 2 N–H and O–H groups in total. The molecule has 0 fully saturated rings. The van der Waals surface area contributed by atoms with Crippen LogP contribution < -0.4 is 15.4 Å². The molecular weight excluding hydrogens is 400 g/mol. The van der Waals surface area contributed by atoms with Gasteiger partial charge in [0, 0.05) is 5.39 Å². The Labute approximate surface area is 177 Å². The summed E-state index contributed by atoms with van der Waals surface area (Å²) < 4.78 is 10.9. The molecule has 0 unspecified atom stereocenters. The minimum absolute atomic E-state index is 0.197. The van der Waals surface area contributed by atoms with Gasteiger partial charge >= 0.3 is 0 Å². The van der Waals surface area contributed by atoms with E-state index in [1.54, 1.807) is 18.2 Å². The van der Waals surface area contributed by atoms with Gasteiger partial charge in [0.25, 0.3) is 11.8 Å². The SMILES string of the molecule is Cc1cc(NC(=O)c2ccco2)sc1C(=O)NCCOc1cccc2ccccc12. The molecule has 4 rings (SSSR count). The van der Waals surface area contributed by atoms with Crippen molar-refractivity contribution < 1.29 is 18.7 Å². The molecule has 4 aromatic rings. The second-order valence-corrected chi connectivity index (χ2v) is 7.69. The maximum Gasteiger partial charge on any atom is 0.291 e. The summed E-state index contributed by atoms with van der Waals surface area (Å²) in [6.07, 6.45) is 1.44. The number of fused-ring (bicyclic) bond motifs is 1. The Kier molecular flexibility index (Phi) is 5.81. The zero-order chi connectivity index (χ0) is 20.9. The first kappa shape index (κ1) is 19.7. The van der Waals surface area contributed by atoms with Gasteiger partial charge in [0.1, 0.15) is 12.4 Å². The molecule has 30 heavy (non-hydrogen) atoms. The molecule has 0 saturated heterocycles. The summed E-state index contributed by atoms with van der Waals surface area (Å²) in [6.45, 7) is 2.56. The largest absolute Gasteiger partial charge is 0.491 e. The molecule has 0 aliphatic rings. The standard InChI is InChI=1S/C23H20N2O4S/c1-15-14-20(25-22(26)19-10-5-12-28-19)30-21(15)23(27)24-11-13-29-18-9-4-7-16-6-2-3-8-17(16)18/h2-10,12,14H,11,13H2,1H3,(H,24,27)(H,25,26). The lowest BCUT2D eigenvalue weighted by Gasteiger charge is -2.10. The number of carbonyl (C=O) groups is 2. The Morgan fingerprint density at radius 3 is 2.70 bits per heavy atom. The lowest BCUT2D eigenvalue weighted by Crippen LogP contribution is -2.27. The summed E-state index contributed by atoms with van der Waals surface area (Å²) in [5, 5.41) is 8.35. The summed E-state index contributed by atoms with van der Waals surface area (Å²) in [6, 6.07) is 18.9. The normalized spacial score (nSPS) is 10.7. The highest BCUT2D eigenvalue weighted by Gasteiger charge is 2.16. The Bertz CT molecular complexity index is 1180. The predicted molar refractivity (Wildman–Crippen MR) is 117 cm³/mol. The van der Waals surface area contributed by atoms with E-state index >= 15 is 0 Å². The third kappa shape index (κ3) is 4.36. The van der Waals surface area contributed by atoms with Crippen LogP contribution in [0.5, 0.6) is 5.75 Å². The Hall–Kier alpha value is -3.58. The van der Waals surface area contributed by atoms with E-state index in [9.17, 15) is 9.59 Å². The average Bonchev–Trinajstić information content (AvgIpc) is 3.41. The van der Waals surface area contributed by atoms with E-state index in [4.69, 9.17) is 9.15 Å². The van der Waals surface area contributed by atoms with Gasteiger partial charge in [-0.05, 0) is 42.1 Å². The molecule has 0 atom stereocenters. The fraction of sp³-hybridized carbons (Fsp3) is 0.130. The molecule has 2 aromatic carbocycles. The van der Waals surface area contributed by atoms with Crippen LogP contribution in [0.1, 0.15) is 25.8 Å². The van der Waals surface area contributed by atoms with E-state index in [0.717, 1.165) is 22.1 Å². The van der Waals surface area contributed by atoms with Crippen LogP contribution in [-0.2, 0) is 0 Å². The summed E-state index contributed by atoms with van der Waals surface area (Å²) in [7, 11) is 0. The molecule has 2 heterocycles. The monoisotopic (exact) mass is 420 g/mol. The molecule has 0 radical (unpaired) electrons. The quantitative estimate of drug-likeness (QED) is 0.418. The zero-order valence-corrected chi connectivity index (χ0v) is 17.1. The highest BCUT2D eigenvalue weighted by atomic mass is 32.1. The van der Waals surface area contributed by atoms with Crippen molar-refractivity contribution in [1.82, 2.24) is 5.32 Å². The molecule has 2 aromatic heterocycles. The Morgan fingerprint density at radius 1 is 1.03 bits per heavy atom. The summed E-state index contributed by atoms with van der Waals surface area (Å²) >= 11 is 1.22. The van der Waals surface area contributed by atoms with Crippen LogP contribution in [0.2, 0.25) is 0 Å². The van der Waals surface area contributed by atoms with Gasteiger partial charge in [-0.3, -0.25) is 9.59 Å². The zero-order valence-electron chi connectivity index (χ0n) is 16.3. The van der Waals surface area contributed by atoms with Crippen molar-refractivity contribution >= 4 is 38.9 Å². The number of thiophene rings is 1. The molecule has 0 aliphatic carbocycles. The second-order valence-electron chi connectivity index (χ2n) is 6.64. The van der Waals surface area contributed by atoms with E-state index in [1.807, 2.05) is 49.4 Å². The van der Waals surface area contributed by atoms with Gasteiger partial charge in [-0.1, -0.05) is 36.4 Å². The Morgan fingerprint density at radius 2 is 1.87 bits per heavy atom. The number of amides is 2. The van der Waals surface area contributed by atoms with Crippen LogP contribution in [-0.4, -0.2) is 25.0 Å². The van der Waals surface area contributed by atoms with Crippen molar-refractivity contribution in [2.75, 3.05) is 18.5 Å². The number of benzene rings is 2. The van der Waals surface area contributed by atoms with Crippen LogP contribution in [0.3, 0.4) is 0 Å². The first-order valence-corrected chi connectivity index (χ1v) is 10.3. The van der Waals surface area contributed by atoms with Gasteiger partial charge in [0.05, 0.1) is 22.7 Å². The fourth-order valence-electron chi connectivity index (χ4n) is 3.08. The maximum absolute atomic E-state index is 12.5. The smallest absolute Gasteiger partial charge is 0.291 e. The topological polar surface area (TPSA) is 80.6 Å². The summed E-state index contributed by atoms with van der Waals surface area (Å²) in [5.41, 5.74) is 0.794. The average molecular weight is 420 g/mol. The Balaban J connectivity index is 1.32. The minimum Gasteiger partial charge on any atom is -0.491 e. The van der Waals surface area contributed by atoms with Gasteiger partial charge in [-0.15, -0.1) is 11.3 Å². The van der Waals surface area contributed by atoms with Crippen LogP contribution >= 0.6 is 11.3 Å². The number of hydrogen-bond donors (Lipinski definition) is 2. The number of carbonyl (C=O) groups excluding carboxylic acids is 2. The molecule has 6 nitrogen and oxygen atoms in total. The number of ether oxygens (including phenoxy) is 1. The van der Waals surface area contributed by atoms with E-state index < -0.39 is 0 Å². The summed E-state index contributed by atoms with van der Waals surface area (Å²) in [5.74, 6) is 0.462. The fourth-order valence-corrected chi connectivity index (χ4v) is 4.06. The first-order chi connectivity index (χ1) is 14.6. The van der Waals surface area contributed by atoms with E-state index in [1.165, 1.54) is 17.6 Å². The number of nitrogens with one attached hydrogen (secondary N) is 2. The molecule has 7 heteroatoms. The van der Waals surface area contributed by atoms with Crippen molar-refractivity contribution in [1.29, 1.82) is 0 Å². The van der Waals surface area contributed by atoms with Crippen LogP contribution in [0.25, 0.3) is 10.8 Å². The highest BCUT2D eigenvalue weighted by molar-refractivity contribution is 7.18. The molecule has 0 spiro atoms.